The molecule has 6 heteroatoms. The van der Waals surface area contributed by atoms with E-state index in [1.165, 1.54) is 6.26 Å². The lowest BCUT2D eigenvalue weighted by Crippen LogP contribution is -1.97. The molecule has 5 nitrogen and oxygen atoms in total. The molecule has 1 N–H and O–H groups in total. The minimum atomic E-state index is -3.22. The molecule has 1 aromatic carbocycles. The molecule has 21 heavy (non-hydrogen) atoms. The zero-order valence-electron chi connectivity index (χ0n) is 11.4. The summed E-state index contributed by atoms with van der Waals surface area (Å²) in [5, 5.41) is 9.59. The van der Waals surface area contributed by atoms with E-state index in [-0.39, 0.29) is 11.5 Å². The average Bonchev–Trinajstić information content (AvgIpc) is 2.85. The third-order valence-corrected chi connectivity index (χ3v) is 4.46. The van der Waals surface area contributed by atoms with E-state index in [4.69, 9.17) is 0 Å². The van der Waals surface area contributed by atoms with E-state index in [2.05, 4.69) is 4.98 Å². The predicted molar refractivity (Wildman–Crippen MR) is 79.7 cm³/mol. The fourth-order valence-corrected chi connectivity index (χ4v) is 2.92. The van der Waals surface area contributed by atoms with Crippen molar-refractivity contribution in [1.82, 2.24) is 9.38 Å². The van der Waals surface area contributed by atoms with Crippen LogP contribution in [0.25, 0.3) is 16.9 Å². The minimum Gasteiger partial charge on any atom is -0.390 e. The van der Waals surface area contributed by atoms with Crippen LogP contribution in [-0.4, -0.2) is 29.2 Å². The van der Waals surface area contributed by atoms with Crippen molar-refractivity contribution in [2.75, 3.05) is 6.26 Å². The molecule has 0 aliphatic rings. The predicted octanol–water partition coefficient (Wildman–Crippen LogP) is 1.90. The standard InChI is InChI=1S/C15H14N2O3S/c1-21(19,20)12-7-5-11(6-8-12)15-13(10-18)17-9-3-2-4-14(17)16-15/h2-9,18H,10H2,1H3. The van der Waals surface area contributed by atoms with E-state index in [9.17, 15) is 13.5 Å². The molecular weight excluding hydrogens is 288 g/mol. The van der Waals surface area contributed by atoms with E-state index >= 15 is 0 Å². The first-order valence-corrected chi connectivity index (χ1v) is 8.27. The fourth-order valence-electron chi connectivity index (χ4n) is 2.29. The summed E-state index contributed by atoms with van der Waals surface area (Å²) >= 11 is 0. The molecule has 3 aromatic rings. The van der Waals surface area contributed by atoms with Gasteiger partial charge in [-0.1, -0.05) is 18.2 Å². The van der Waals surface area contributed by atoms with Crippen molar-refractivity contribution in [2.45, 2.75) is 11.5 Å². The molecule has 0 aliphatic carbocycles. The third kappa shape index (κ3) is 2.43. The van der Waals surface area contributed by atoms with Crippen LogP contribution in [0.2, 0.25) is 0 Å². The Bertz CT molecular complexity index is 896. The van der Waals surface area contributed by atoms with Gasteiger partial charge in [-0.2, -0.15) is 0 Å². The molecule has 0 bridgehead atoms. The van der Waals surface area contributed by atoms with Crippen LogP contribution in [-0.2, 0) is 16.4 Å². The van der Waals surface area contributed by atoms with Crippen molar-refractivity contribution in [3.63, 3.8) is 0 Å². The Morgan fingerprint density at radius 2 is 1.86 bits per heavy atom. The van der Waals surface area contributed by atoms with E-state index in [0.29, 0.717) is 11.4 Å². The van der Waals surface area contributed by atoms with Crippen LogP contribution in [0, 0.1) is 0 Å². The maximum absolute atomic E-state index is 11.5. The van der Waals surface area contributed by atoms with Crippen LogP contribution in [0.1, 0.15) is 5.69 Å². The highest BCUT2D eigenvalue weighted by Crippen LogP contribution is 2.25. The molecule has 3 rings (SSSR count). The summed E-state index contributed by atoms with van der Waals surface area (Å²) in [6.45, 7) is -0.145. The second kappa shape index (κ2) is 4.98. The highest BCUT2D eigenvalue weighted by atomic mass is 32.2. The smallest absolute Gasteiger partial charge is 0.175 e. The van der Waals surface area contributed by atoms with Crippen LogP contribution in [0.5, 0.6) is 0 Å². The van der Waals surface area contributed by atoms with Gasteiger partial charge in [0, 0.05) is 18.0 Å². The van der Waals surface area contributed by atoms with Gasteiger partial charge in [-0.05, 0) is 24.3 Å². The molecule has 0 aliphatic heterocycles. The van der Waals surface area contributed by atoms with Crippen molar-refractivity contribution in [3.8, 4) is 11.3 Å². The van der Waals surface area contributed by atoms with Crippen molar-refractivity contribution in [1.29, 1.82) is 0 Å². The lowest BCUT2D eigenvalue weighted by atomic mass is 10.1. The molecule has 0 unspecified atom stereocenters. The summed E-state index contributed by atoms with van der Waals surface area (Å²) in [5.41, 5.74) is 2.85. The zero-order valence-corrected chi connectivity index (χ0v) is 12.2. The molecule has 0 spiro atoms. The van der Waals surface area contributed by atoms with Crippen molar-refractivity contribution < 1.29 is 13.5 Å². The number of hydrogen-bond acceptors (Lipinski definition) is 4. The van der Waals surface area contributed by atoms with Crippen molar-refractivity contribution >= 4 is 15.5 Å². The summed E-state index contributed by atoms with van der Waals surface area (Å²) < 4.78 is 24.8. The molecule has 0 saturated heterocycles. The molecule has 2 heterocycles. The maximum Gasteiger partial charge on any atom is 0.175 e. The lowest BCUT2D eigenvalue weighted by molar-refractivity contribution is 0.276. The number of hydrogen-bond donors (Lipinski definition) is 1. The zero-order chi connectivity index (χ0) is 15.0. The number of sulfone groups is 1. The maximum atomic E-state index is 11.5. The summed E-state index contributed by atoms with van der Waals surface area (Å²) in [6, 6.07) is 12.1. The molecular formula is C15H14N2O3S. The van der Waals surface area contributed by atoms with Gasteiger partial charge in [-0.3, -0.25) is 0 Å². The monoisotopic (exact) mass is 302 g/mol. The topological polar surface area (TPSA) is 71.7 Å². The number of fused-ring (bicyclic) bond motifs is 1. The van der Waals surface area contributed by atoms with Gasteiger partial charge in [0.05, 0.1) is 22.9 Å². The quantitative estimate of drug-likeness (QED) is 0.802. The van der Waals surface area contributed by atoms with Crippen LogP contribution < -0.4 is 0 Å². The Morgan fingerprint density at radius 1 is 1.14 bits per heavy atom. The molecule has 0 atom stereocenters. The number of pyridine rings is 1. The first-order valence-electron chi connectivity index (χ1n) is 6.38. The van der Waals surface area contributed by atoms with Gasteiger partial charge in [0.1, 0.15) is 5.65 Å². The van der Waals surface area contributed by atoms with Crippen LogP contribution in [0.3, 0.4) is 0 Å². The number of aliphatic hydroxyl groups is 1. The largest absolute Gasteiger partial charge is 0.390 e. The Kier molecular flexibility index (Phi) is 3.27. The first-order chi connectivity index (χ1) is 10.0. The second-order valence-corrected chi connectivity index (χ2v) is 6.81. The molecule has 0 amide bonds. The third-order valence-electron chi connectivity index (χ3n) is 3.33. The summed E-state index contributed by atoms with van der Waals surface area (Å²) in [5.74, 6) is 0. The van der Waals surface area contributed by atoms with Gasteiger partial charge < -0.3 is 9.51 Å². The van der Waals surface area contributed by atoms with Gasteiger partial charge in [0.15, 0.2) is 9.84 Å². The highest BCUT2D eigenvalue weighted by Gasteiger charge is 2.14. The number of imidazole rings is 1. The molecule has 0 fully saturated rings. The van der Waals surface area contributed by atoms with E-state index in [1.807, 2.05) is 28.8 Å². The fraction of sp³-hybridized carbons (Fsp3) is 0.133. The Hall–Kier alpha value is -2.18. The van der Waals surface area contributed by atoms with Gasteiger partial charge in [0.2, 0.25) is 0 Å². The first kappa shape index (κ1) is 13.8. The van der Waals surface area contributed by atoms with Gasteiger partial charge >= 0.3 is 0 Å². The number of aromatic nitrogens is 2. The van der Waals surface area contributed by atoms with Gasteiger partial charge in [0.25, 0.3) is 0 Å². The Balaban J connectivity index is 2.16. The van der Waals surface area contributed by atoms with Crippen LogP contribution in [0.4, 0.5) is 0 Å². The number of aliphatic hydroxyl groups excluding tert-OH is 1. The van der Waals surface area contributed by atoms with Crippen LogP contribution >= 0.6 is 0 Å². The molecule has 0 radical (unpaired) electrons. The Morgan fingerprint density at radius 3 is 2.48 bits per heavy atom. The van der Waals surface area contributed by atoms with E-state index < -0.39 is 9.84 Å². The number of benzene rings is 1. The van der Waals surface area contributed by atoms with Gasteiger partial charge in [-0.25, -0.2) is 13.4 Å². The normalized spacial score (nSPS) is 11.9. The minimum absolute atomic E-state index is 0.145. The summed E-state index contributed by atoms with van der Waals surface area (Å²) in [7, 11) is -3.22. The van der Waals surface area contributed by atoms with E-state index in [0.717, 1.165) is 11.2 Å². The highest BCUT2D eigenvalue weighted by molar-refractivity contribution is 7.90. The SMILES string of the molecule is CS(=O)(=O)c1ccc(-c2nc3ccccn3c2CO)cc1. The van der Waals surface area contributed by atoms with E-state index in [1.54, 1.807) is 24.3 Å². The lowest BCUT2D eigenvalue weighted by Gasteiger charge is -2.03. The molecule has 0 saturated carbocycles. The molecule has 2 aromatic heterocycles. The van der Waals surface area contributed by atoms with Crippen molar-refractivity contribution in [2.24, 2.45) is 0 Å². The van der Waals surface area contributed by atoms with Crippen molar-refractivity contribution in [3.05, 3.63) is 54.4 Å². The average molecular weight is 302 g/mol. The Labute approximate surface area is 122 Å². The van der Waals surface area contributed by atoms with Gasteiger partial charge in [-0.15, -0.1) is 0 Å². The number of nitrogens with zero attached hydrogens (tertiary/aromatic N) is 2. The molecule has 108 valence electrons. The summed E-state index contributed by atoms with van der Waals surface area (Å²) in [6.07, 6.45) is 3.01. The number of rotatable bonds is 3. The van der Waals surface area contributed by atoms with Crippen LogP contribution in [0.15, 0.2) is 53.6 Å². The summed E-state index contributed by atoms with van der Waals surface area (Å²) in [4.78, 5) is 4.76. The second-order valence-electron chi connectivity index (χ2n) is 4.79.